The first-order valence-electron chi connectivity index (χ1n) is 7.45. The van der Waals surface area contributed by atoms with Gasteiger partial charge in [0.15, 0.2) is 0 Å². The molecule has 1 atom stereocenters. The molecule has 0 saturated carbocycles. The molecule has 0 radical (unpaired) electrons. The van der Waals surface area contributed by atoms with Crippen LogP contribution in [0.3, 0.4) is 0 Å². The Bertz CT molecular complexity index is 488. The number of nitrogens with two attached hydrogens (primary N) is 1. The number of nitrogens with zero attached hydrogens (tertiary/aromatic N) is 1. The quantitative estimate of drug-likeness (QED) is 0.813. The Morgan fingerprint density at radius 2 is 2.33 bits per heavy atom. The van der Waals surface area contributed by atoms with Gasteiger partial charge in [-0.25, -0.2) is 0 Å². The molecule has 5 nitrogen and oxygen atoms in total. The van der Waals surface area contributed by atoms with E-state index in [-0.39, 0.29) is 5.91 Å². The van der Waals surface area contributed by atoms with Crippen molar-refractivity contribution in [2.75, 3.05) is 44.4 Å². The third-order valence-corrected chi connectivity index (χ3v) is 3.90. The Morgan fingerprint density at radius 3 is 3.05 bits per heavy atom. The molecule has 1 heterocycles. The van der Waals surface area contributed by atoms with Gasteiger partial charge in [-0.1, -0.05) is 0 Å². The van der Waals surface area contributed by atoms with Gasteiger partial charge in [-0.3, -0.25) is 9.69 Å². The van der Waals surface area contributed by atoms with E-state index >= 15 is 0 Å². The maximum Gasteiger partial charge on any atom is 0.238 e. The van der Waals surface area contributed by atoms with Crippen LogP contribution in [0, 0.1) is 12.8 Å². The second kappa shape index (κ2) is 7.43. The van der Waals surface area contributed by atoms with Gasteiger partial charge >= 0.3 is 0 Å². The molecule has 0 aliphatic carbocycles. The SMILES string of the molecule is COCC1CCCN(CC(=O)Nc2ccc(N)cc2C)C1. The summed E-state index contributed by atoms with van der Waals surface area (Å²) in [6.45, 7) is 5.07. The highest BCUT2D eigenvalue weighted by Gasteiger charge is 2.21. The summed E-state index contributed by atoms with van der Waals surface area (Å²) in [5.74, 6) is 0.566. The normalized spacial score (nSPS) is 19.4. The average Bonchev–Trinajstić information content (AvgIpc) is 2.43. The van der Waals surface area contributed by atoms with Crippen LogP contribution in [0.15, 0.2) is 18.2 Å². The lowest BCUT2D eigenvalue weighted by atomic mass is 9.99. The summed E-state index contributed by atoms with van der Waals surface area (Å²) >= 11 is 0. The molecule has 1 aromatic rings. The van der Waals surface area contributed by atoms with Crippen molar-refractivity contribution < 1.29 is 9.53 Å². The van der Waals surface area contributed by atoms with Gasteiger partial charge in [0.1, 0.15) is 0 Å². The van der Waals surface area contributed by atoms with E-state index in [1.54, 1.807) is 13.2 Å². The number of amides is 1. The number of hydrogen-bond donors (Lipinski definition) is 2. The molecule has 1 unspecified atom stereocenters. The average molecular weight is 291 g/mol. The predicted octanol–water partition coefficient (Wildman–Crippen LogP) is 1.87. The predicted molar refractivity (Wildman–Crippen MR) is 85.3 cm³/mol. The minimum Gasteiger partial charge on any atom is -0.399 e. The first-order chi connectivity index (χ1) is 10.1. The lowest BCUT2D eigenvalue weighted by molar-refractivity contribution is -0.117. The molecule has 0 spiro atoms. The van der Waals surface area contributed by atoms with E-state index in [9.17, 15) is 4.79 Å². The minimum absolute atomic E-state index is 0.0286. The van der Waals surface area contributed by atoms with Gasteiger partial charge < -0.3 is 15.8 Å². The molecule has 1 aliphatic heterocycles. The number of nitrogens with one attached hydrogen (secondary N) is 1. The number of ether oxygens (including phenoxy) is 1. The molecule has 5 heteroatoms. The number of nitrogen functional groups attached to an aromatic ring is 1. The monoisotopic (exact) mass is 291 g/mol. The van der Waals surface area contributed by atoms with Gasteiger partial charge in [-0.05, 0) is 56.0 Å². The highest BCUT2D eigenvalue weighted by atomic mass is 16.5. The Morgan fingerprint density at radius 1 is 1.52 bits per heavy atom. The molecule has 1 aromatic carbocycles. The molecule has 1 fully saturated rings. The molecule has 21 heavy (non-hydrogen) atoms. The summed E-state index contributed by atoms with van der Waals surface area (Å²) in [7, 11) is 1.73. The van der Waals surface area contributed by atoms with E-state index in [1.165, 1.54) is 6.42 Å². The van der Waals surface area contributed by atoms with Crippen LogP contribution in [0.1, 0.15) is 18.4 Å². The number of aryl methyl sites for hydroxylation is 1. The second-order valence-corrected chi connectivity index (χ2v) is 5.82. The Hall–Kier alpha value is -1.59. The van der Waals surface area contributed by atoms with Crippen LogP contribution in [0.25, 0.3) is 0 Å². The molecule has 1 amide bonds. The molecule has 2 rings (SSSR count). The van der Waals surface area contributed by atoms with Gasteiger partial charge in [0.05, 0.1) is 13.2 Å². The van der Waals surface area contributed by atoms with Crippen molar-refractivity contribution in [2.45, 2.75) is 19.8 Å². The van der Waals surface area contributed by atoms with E-state index in [4.69, 9.17) is 10.5 Å². The van der Waals surface area contributed by atoms with E-state index in [1.807, 2.05) is 19.1 Å². The lowest BCUT2D eigenvalue weighted by Crippen LogP contribution is -2.41. The maximum atomic E-state index is 12.2. The molecule has 1 saturated heterocycles. The topological polar surface area (TPSA) is 67.6 Å². The number of piperidine rings is 1. The van der Waals surface area contributed by atoms with E-state index < -0.39 is 0 Å². The summed E-state index contributed by atoms with van der Waals surface area (Å²) in [6.07, 6.45) is 2.31. The van der Waals surface area contributed by atoms with Crippen LogP contribution in [-0.2, 0) is 9.53 Å². The fourth-order valence-corrected chi connectivity index (χ4v) is 2.89. The lowest BCUT2D eigenvalue weighted by Gasteiger charge is -2.31. The van der Waals surface area contributed by atoms with Crippen LogP contribution in [0.5, 0.6) is 0 Å². The zero-order chi connectivity index (χ0) is 15.2. The minimum atomic E-state index is 0.0286. The fraction of sp³-hybridized carbons (Fsp3) is 0.562. The summed E-state index contributed by atoms with van der Waals surface area (Å²) in [4.78, 5) is 14.4. The molecule has 3 N–H and O–H groups in total. The van der Waals surface area contributed by atoms with Crippen molar-refractivity contribution in [3.63, 3.8) is 0 Å². The molecular weight excluding hydrogens is 266 g/mol. The molecular formula is C16H25N3O2. The van der Waals surface area contributed by atoms with Crippen molar-refractivity contribution in [1.82, 2.24) is 4.90 Å². The van der Waals surface area contributed by atoms with Crippen molar-refractivity contribution >= 4 is 17.3 Å². The van der Waals surface area contributed by atoms with Crippen LogP contribution in [0.4, 0.5) is 11.4 Å². The first-order valence-corrected chi connectivity index (χ1v) is 7.45. The molecule has 0 aromatic heterocycles. The van der Waals surface area contributed by atoms with Crippen molar-refractivity contribution in [1.29, 1.82) is 0 Å². The number of anilines is 2. The summed E-state index contributed by atoms with van der Waals surface area (Å²) < 4.78 is 5.22. The van der Waals surface area contributed by atoms with Gasteiger partial charge in [0.25, 0.3) is 0 Å². The highest BCUT2D eigenvalue weighted by molar-refractivity contribution is 5.93. The zero-order valence-corrected chi connectivity index (χ0v) is 12.9. The first kappa shape index (κ1) is 15.8. The van der Waals surface area contributed by atoms with Crippen molar-refractivity contribution in [3.05, 3.63) is 23.8 Å². The fourth-order valence-electron chi connectivity index (χ4n) is 2.89. The van der Waals surface area contributed by atoms with Crippen LogP contribution in [0.2, 0.25) is 0 Å². The summed E-state index contributed by atoms with van der Waals surface area (Å²) in [5.41, 5.74) is 8.25. The summed E-state index contributed by atoms with van der Waals surface area (Å²) in [5, 5.41) is 2.96. The van der Waals surface area contributed by atoms with Crippen molar-refractivity contribution in [3.8, 4) is 0 Å². The third-order valence-electron chi connectivity index (χ3n) is 3.90. The van der Waals surface area contributed by atoms with Crippen LogP contribution < -0.4 is 11.1 Å². The smallest absolute Gasteiger partial charge is 0.238 e. The standard InChI is InChI=1S/C16H25N3O2/c1-12-8-14(17)5-6-15(12)18-16(20)10-19-7-3-4-13(9-19)11-21-2/h5-6,8,13H,3-4,7,9-11,17H2,1-2H3,(H,18,20). The number of carbonyl (C=O) groups is 1. The van der Waals surface area contributed by atoms with Gasteiger partial charge in [0.2, 0.25) is 5.91 Å². The molecule has 0 bridgehead atoms. The van der Waals surface area contributed by atoms with Gasteiger partial charge in [-0.15, -0.1) is 0 Å². The van der Waals surface area contributed by atoms with Gasteiger partial charge in [-0.2, -0.15) is 0 Å². The zero-order valence-electron chi connectivity index (χ0n) is 12.9. The number of hydrogen-bond acceptors (Lipinski definition) is 4. The molecule has 1 aliphatic rings. The second-order valence-electron chi connectivity index (χ2n) is 5.82. The van der Waals surface area contributed by atoms with E-state index in [2.05, 4.69) is 10.2 Å². The third kappa shape index (κ3) is 4.72. The molecule has 116 valence electrons. The highest BCUT2D eigenvalue weighted by Crippen LogP contribution is 2.19. The Labute approximate surface area is 126 Å². The number of methoxy groups -OCH3 is 1. The van der Waals surface area contributed by atoms with Crippen LogP contribution >= 0.6 is 0 Å². The Balaban J connectivity index is 1.86. The number of likely N-dealkylation sites (tertiary alicyclic amines) is 1. The van der Waals surface area contributed by atoms with Crippen LogP contribution in [-0.4, -0.2) is 44.2 Å². The van der Waals surface area contributed by atoms with Crippen molar-refractivity contribution in [2.24, 2.45) is 5.92 Å². The van der Waals surface area contributed by atoms with Gasteiger partial charge in [0, 0.05) is 25.0 Å². The largest absolute Gasteiger partial charge is 0.399 e. The number of rotatable bonds is 5. The van der Waals surface area contributed by atoms with E-state index in [0.717, 1.165) is 37.4 Å². The number of carbonyl (C=O) groups excluding carboxylic acids is 1. The maximum absolute atomic E-state index is 12.2. The summed E-state index contributed by atoms with van der Waals surface area (Å²) in [6, 6.07) is 5.52. The van der Waals surface area contributed by atoms with E-state index in [0.29, 0.717) is 18.2 Å². The number of benzene rings is 1. The Kier molecular flexibility index (Phi) is 5.59.